The van der Waals surface area contributed by atoms with Gasteiger partial charge in [-0.3, -0.25) is 5.84 Å². The SMILES string of the molecule is NNN1C=c2ccc(C(F)(F)F)cc2=[N+]([O-])N1. The molecule has 0 saturated heterocycles. The first-order valence-corrected chi connectivity index (χ1v) is 4.47. The highest BCUT2D eigenvalue weighted by Gasteiger charge is 2.31. The Balaban J connectivity index is 2.62. The summed E-state index contributed by atoms with van der Waals surface area (Å²) in [4.78, 5) is 0.185. The van der Waals surface area contributed by atoms with Crippen LogP contribution < -0.4 is 32.3 Å². The predicted molar refractivity (Wildman–Crippen MR) is 52.1 cm³/mol. The van der Waals surface area contributed by atoms with Crippen LogP contribution in [0.5, 0.6) is 0 Å². The lowest BCUT2D eigenvalue weighted by molar-refractivity contribution is -0.137. The van der Waals surface area contributed by atoms with Crippen LogP contribution in [-0.4, -0.2) is 5.12 Å². The number of nitrogens with zero attached hydrogens (tertiary/aromatic N) is 2. The van der Waals surface area contributed by atoms with Crippen LogP contribution in [0.25, 0.3) is 6.20 Å². The smallest absolute Gasteiger partial charge is 0.416 e. The van der Waals surface area contributed by atoms with E-state index in [9.17, 15) is 18.4 Å². The number of rotatable bonds is 1. The Kier molecular flexibility index (Phi) is 2.56. The molecule has 1 heterocycles. The quantitative estimate of drug-likeness (QED) is 0.245. The molecular weight excluding hydrogens is 239 g/mol. The second-order valence-corrected chi connectivity index (χ2v) is 3.29. The Labute approximate surface area is 92.9 Å². The van der Waals surface area contributed by atoms with Crippen LogP contribution in [0.4, 0.5) is 13.2 Å². The van der Waals surface area contributed by atoms with Crippen molar-refractivity contribution in [3.05, 3.63) is 39.5 Å². The first kappa shape index (κ1) is 11.5. The van der Waals surface area contributed by atoms with Crippen molar-refractivity contribution in [2.45, 2.75) is 6.18 Å². The third-order valence-corrected chi connectivity index (χ3v) is 2.18. The zero-order chi connectivity index (χ0) is 12.6. The second kappa shape index (κ2) is 3.79. The summed E-state index contributed by atoms with van der Waals surface area (Å²) in [5.74, 6) is 5.06. The van der Waals surface area contributed by atoms with E-state index in [0.717, 1.165) is 17.3 Å². The maximum absolute atomic E-state index is 12.4. The first-order valence-electron chi connectivity index (χ1n) is 4.47. The van der Waals surface area contributed by atoms with E-state index in [1.807, 2.05) is 0 Å². The van der Waals surface area contributed by atoms with Gasteiger partial charge in [0.15, 0.2) is 0 Å². The van der Waals surface area contributed by atoms with Crippen LogP contribution in [0.1, 0.15) is 5.56 Å². The Morgan fingerprint density at radius 1 is 1.41 bits per heavy atom. The van der Waals surface area contributed by atoms with Gasteiger partial charge in [-0.05, 0) is 12.1 Å². The second-order valence-electron chi connectivity index (χ2n) is 3.29. The summed E-state index contributed by atoms with van der Waals surface area (Å²) in [5, 5.41) is 12.6. The van der Waals surface area contributed by atoms with Crippen LogP contribution in [0.3, 0.4) is 0 Å². The van der Waals surface area contributed by atoms with E-state index < -0.39 is 11.7 Å². The predicted octanol–water partition coefficient (Wildman–Crippen LogP) is -1.45. The Bertz CT molecular complexity index is 555. The molecule has 0 radical (unpaired) electrons. The topological polar surface area (TPSA) is 79.4 Å². The summed E-state index contributed by atoms with van der Waals surface area (Å²) in [5.41, 5.74) is 3.39. The summed E-state index contributed by atoms with van der Waals surface area (Å²) >= 11 is 0. The highest BCUT2D eigenvalue weighted by molar-refractivity contribution is 5.27. The average Bonchev–Trinajstić information content (AvgIpc) is 2.27. The molecule has 1 aromatic carbocycles. The molecule has 0 spiro atoms. The van der Waals surface area contributed by atoms with E-state index in [1.54, 1.807) is 0 Å². The lowest BCUT2D eigenvalue weighted by Gasteiger charge is -2.20. The van der Waals surface area contributed by atoms with Gasteiger partial charge in [-0.1, -0.05) is 10.4 Å². The fourth-order valence-electron chi connectivity index (χ4n) is 1.39. The first-order chi connectivity index (χ1) is 7.91. The molecule has 92 valence electrons. The molecule has 1 aromatic rings. The summed E-state index contributed by atoms with van der Waals surface area (Å²) in [6.07, 6.45) is -3.14. The molecule has 2 rings (SSSR count). The van der Waals surface area contributed by atoms with E-state index >= 15 is 0 Å². The number of benzene rings is 1. The normalized spacial score (nSPS) is 15.1. The van der Waals surface area contributed by atoms with Crippen molar-refractivity contribution in [3.8, 4) is 0 Å². The minimum atomic E-state index is -4.49. The number of hydrazine groups is 4. The van der Waals surface area contributed by atoms with Crippen molar-refractivity contribution in [1.82, 2.24) is 21.0 Å². The minimum Gasteiger partial charge on any atom is -0.594 e. The maximum atomic E-state index is 12.4. The lowest BCUT2D eigenvalue weighted by Crippen LogP contribution is -2.61. The maximum Gasteiger partial charge on any atom is 0.416 e. The molecule has 0 saturated carbocycles. The molecular formula is C8H8F3N5O. The molecule has 0 aromatic heterocycles. The van der Waals surface area contributed by atoms with Crippen molar-refractivity contribution in [1.29, 1.82) is 0 Å². The van der Waals surface area contributed by atoms with Gasteiger partial charge in [-0.25, -0.2) is 0 Å². The number of halogens is 3. The van der Waals surface area contributed by atoms with Gasteiger partial charge in [-0.15, -0.1) is 5.53 Å². The van der Waals surface area contributed by atoms with Crippen molar-refractivity contribution in [2.75, 3.05) is 0 Å². The van der Waals surface area contributed by atoms with Gasteiger partial charge in [0, 0.05) is 6.07 Å². The molecule has 0 amide bonds. The van der Waals surface area contributed by atoms with Crippen LogP contribution in [-0.2, 0) is 6.18 Å². The molecule has 1 aliphatic rings. The van der Waals surface area contributed by atoms with Crippen LogP contribution in [0.15, 0.2) is 18.2 Å². The summed E-state index contributed by atoms with van der Waals surface area (Å²) in [6.45, 7) is 0. The van der Waals surface area contributed by atoms with Gasteiger partial charge in [0.25, 0.3) is 5.36 Å². The van der Waals surface area contributed by atoms with Gasteiger partial charge in [0.1, 0.15) is 0 Å². The largest absolute Gasteiger partial charge is 0.594 e. The fourth-order valence-corrected chi connectivity index (χ4v) is 1.39. The summed E-state index contributed by atoms with van der Waals surface area (Å²) in [7, 11) is 0. The number of hydrogen-bond donors (Lipinski definition) is 3. The minimum absolute atomic E-state index is 0.133. The summed E-state index contributed by atoms with van der Waals surface area (Å²) < 4.78 is 37.3. The van der Waals surface area contributed by atoms with Crippen molar-refractivity contribution < 1.29 is 13.2 Å². The standard InChI is InChI=1S/C8H8F3N5O/c9-8(10,11)6-2-1-5-4-15(13-12)14-16(17)7(5)3-6/h1-4,13-14H,12H2. The van der Waals surface area contributed by atoms with E-state index in [0.29, 0.717) is 5.22 Å². The monoisotopic (exact) mass is 247 g/mol. The lowest BCUT2D eigenvalue weighted by atomic mass is 10.2. The molecule has 0 bridgehead atoms. The molecule has 9 heteroatoms. The summed E-state index contributed by atoms with van der Waals surface area (Å²) in [6, 6.07) is 2.84. The van der Waals surface area contributed by atoms with E-state index in [4.69, 9.17) is 5.84 Å². The van der Waals surface area contributed by atoms with Gasteiger partial charge >= 0.3 is 6.18 Å². The van der Waals surface area contributed by atoms with Crippen molar-refractivity contribution in [2.24, 2.45) is 5.84 Å². The molecule has 0 atom stereocenters. The van der Waals surface area contributed by atoms with Gasteiger partial charge in [0.05, 0.1) is 17.0 Å². The van der Waals surface area contributed by atoms with Gasteiger partial charge in [0.2, 0.25) is 0 Å². The molecule has 0 aliphatic carbocycles. The molecule has 1 aliphatic heterocycles. The third-order valence-electron chi connectivity index (χ3n) is 2.18. The molecule has 17 heavy (non-hydrogen) atoms. The van der Waals surface area contributed by atoms with Crippen LogP contribution in [0, 0.1) is 5.21 Å². The highest BCUT2D eigenvalue weighted by atomic mass is 19.4. The number of nitrogens with two attached hydrogens (primary N) is 1. The van der Waals surface area contributed by atoms with Gasteiger partial charge in [-0.2, -0.15) is 18.3 Å². The number of nitrogens with one attached hydrogen (secondary N) is 2. The van der Waals surface area contributed by atoms with Crippen LogP contribution >= 0.6 is 0 Å². The third kappa shape index (κ3) is 2.10. The van der Waals surface area contributed by atoms with E-state index in [1.165, 1.54) is 12.3 Å². The molecule has 0 unspecified atom stereocenters. The number of alkyl halides is 3. The van der Waals surface area contributed by atoms with E-state index in [-0.39, 0.29) is 10.2 Å². The Morgan fingerprint density at radius 3 is 2.71 bits per heavy atom. The molecule has 4 N–H and O–H groups in total. The number of fused-ring (bicyclic) bond motifs is 1. The number of hydrogen-bond acceptors (Lipinski definition) is 5. The zero-order valence-corrected chi connectivity index (χ0v) is 8.32. The van der Waals surface area contributed by atoms with Crippen molar-refractivity contribution in [3.63, 3.8) is 0 Å². The van der Waals surface area contributed by atoms with Gasteiger partial charge < -0.3 is 5.21 Å². The molecule has 0 fully saturated rings. The fraction of sp³-hybridized carbons (Fsp3) is 0.125. The zero-order valence-electron chi connectivity index (χ0n) is 8.32. The van der Waals surface area contributed by atoms with Crippen molar-refractivity contribution >= 4 is 6.20 Å². The van der Waals surface area contributed by atoms with E-state index in [2.05, 4.69) is 11.1 Å². The Hall–Kier alpha value is -2.00. The van der Waals surface area contributed by atoms with Crippen LogP contribution in [0.2, 0.25) is 0 Å². The Morgan fingerprint density at radius 2 is 2.12 bits per heavy atom. The highest BCUT2D eigenvalue weighted by Crippen LogP contribution is 2.27. The molecule has 6 nitrogen and oxygen atoms in total. The average molecular weight is 247 g/mol.